The zero-order valence-corrected chi connectivity index (χ0v) is 19.4. The van der Waals surface area contributed by atoms with Gasteiger partial charge in [-0.25, -0.2) is 0 Å². The van der Waals surface area contributed by atoms with E-state index in [2.05, 4.69) is 15.4 Å². The number of hydrogen-bond donors (Lipinski definition) is 2. The minimum atomic E-state index is -0.608. The van der Waals surface area contributed by atoms with Gasteiger partial charge in [0.05, 0.1) is 18.4 Å². The highest BCUT2D eigenvalue weighted by atomic mass is 16.3. The van der Waals surface area contributed by atoms with Crippen molar-refractivity contribution in [3.05, 3.63) is 63.8 Å². The standard InChI is InChI=1S/C24H28N6O4/c1-15(2)13-29-22-16(7-10-19(31)28(3)14-18-6-4-5-11-25-18)12-26-30(22)24(34)20(23(29)33)21(32)27-17-8-9-17/h4-7,10-12,15,17,34H,8-9,13-14H2,1-3H3,(H,27,32). The molecule has 34 heavy (non-hydrogen) atoms. The van der Waals surface area contributed by atoms with Crippen molar-refractivity contribution in [1.29, 1.82) is 0 Å². The molecule has 0 saturated heterocycles. The molecule has 10 heteroatoms. The molecule has 0 aromatic carbocycles. The fourth-order valence-corrected chi connectivity index (χ4v) is 3.65. The van der Waals surface area contributed by atoms with Gasteiger partial charge in [-0.15, -0.1) is 0 Å². The molecule has 0 aliphatic heterocycles. The Labute approximate surface area is 196 Å². The summed E-state index contributed by atoms with van der Waals surface area (Å²) in [5.74, 6) is -1.30. The predicted molar refractivity (Wildman–Crippen MR) is 126 cm³/mol. The molecule has 0 bridgehead atoms. The molecule has 10 nitrogen and oxygen atoms in total. The van der Waals surface area contributed by atoms with Crippen LogP contribution in [-0.2, 0) is 17.9 Å². The average Bonchev–Trinajstić information content (AvgIpc) is 3.50. The number of fused-ring (bicyclic) bond motifs is 1. The third kappa shape index (κ3) is 4.85. The Kier molecular flexibility index (Phi) is 6.49. The van der Waals surface area contributed by atoms with Crippen molar-refractivity contribution in [2.24, 2.45) is 5.92 Å². The monoisotopic (exact) mass is 464 g/mol. The Morgan fingerprint density at radius 1 is 1.32 bits per heavy atom. The van der Waals surface area contributed by atoms with Crippen molar-refractivity contribution in [2.75, 3.05) is 7.05 Å². The van der Waals surface area contributed by atoms with E-state index in [-0.39, 0.29) is 23.4 Å². The summed E-state index contributed by atoms with van der Waals surface area (Å²) in [4.78, 5) is 44.3. The van der Waals surface area contributed by atoms with Crippen LogP contribution in [0.2, 0.25) is 0 Å². The van der Waals surface area contributed by atoms with Crippen molar-refractivity contribution >= 4 is 23.5 Å². The van der Waals surface area contributed by atoms with Crippen LogP contribution < -0.4 is 10.9 Å². The zero-order chi connectivity index (χ0) is 24.4. The van der Waals surface area contributed by atoms with Crippen molar-refractivity contribution < 1.29 is 14.7 Å². The van der Waals surface area contributed by atoms with Gasteiger partial charge in [0, 0.05) is 37.5 Å². The zero-order valence-electron chi connectivity index (χ0n) is 19.4. The lowest BCUT2D eigenvalue weighted by molar-refractivity contribution is -0.125. The quantitative estimate of drug-likeness (QED) is 0.491. The lowest BCUT2D eigenvalue weighted by Gasteiger charge is -2.15. The number of nitrogens with one attached hydrogen (secondary N) is 1. The molecule has 3 aromatic rings. The van der Waals surface area contributed by atoms with Gasteiger partial charge in [0.2, 0.25) is 11.8 Å². The summed E-state index contributed by atoms with van der Waals surface area (Å²) in [7, 11) is 1.67. The smallest absolute Gasteiger partial charge is 0.270 e. The van der Waals surface area contributed by atoms with Gasteiger partial charge in [-0.2, -0.15) is 9.61 Å². The summed E-state index contributed by atoms with van der Waals surface area (Å²) in [6, 6.07) is 5.53. The molecule has 2 amide bonds. The van der Waals surface area contributed by atoms with Gasteiger partial charge in [0.1, 0.15) is 5.65 Å². The lowest BCUT2D eigenvalue weighted by Crippen LogP contribution is -2.36. The van der Waals surface area contributed by atoms with Gasteiger partial charge >= 0.3 is 0 Å². The first kappa shape index (κ1) is 23.2. The van der Waals surface area contributed by atoms with Crippen LogP contribution in [0.3, 0.4) is 0 Å². The van der Waals surface area contributed by atoms with Crippen molar-refractivity contribution in [3.63, 3.8) is 0 Å². The molecule has 2 N–H and O–H groups in total. The van der Waals surface area contributed by atoms with E-state index in [0.717, 1.165) is 18.5 Å². The molecule has 3 heterocycles. The van der Waals surface area contributed by atoms with Crippen LogP contribution in [-0.4, -0.2) is 54.1 Å². The molecule has 0 spiro atoms. The lowest BCUT2D eigenvalue weighted by atomic mass is 10.2. The maximum atomic E-state index is 13.3. The molecule has 1 fully saturated rings. The van der Waals surface area contributed by atoms with E-state index in [1.54, 1.807) is 19.3 Å². The number of nitrogens with zero attached hydrogens (tertiary/aromatic N) is 5. The second kappa shape index (κ2) is 9.50. The second-order valence-corrected chi connectivity index (χ2v) is 8.94. The first-order valence-electron chi connectivity index (χ1n) is 11.2. The average molecular weight is 465 g/mol. The van der Waals surface area contributed by atoms with E-state index >= 15 is 0 Å². The van der Waals surface area contributed by atoms with Crippen LogP contribution in [0.5, 0.6) is 5.88 Å². The largest absolute Gasteiger partial charge is 0.492 e. The molecule has 178 valence electrons. The number of pyridine rings is 1. The molecule has 3 aromatic heterocycles. The Balaban J connectivity index is 1.68. The summed E-state index contributed by atoms with van der Waals surface area (Å²) in [5, 5.41) is 17.7. The number of amides is 2. The SMILES string of the molecule is CC(C)Cn1c(=O)c(C(=O)NC2CC2)c(O)n2ncc(C=CC(=O)N(C)Cc3ccccn3)c12. The number of carbonyl (C=O) groups excluding carboxylic acids is 2. The first-order chi connectivity index (χ1) is 16.3. The van der Waals surface area contributed by atoms with E-state index in [1.807, 2.05) is 32.0 Å². The number of likely N-dealkylation sites (N-methyl/N-ethyl adjacent to an activating group) is 1. The highest BCUT2D eigenvalue weighted by Crippen LogP contribution is 2.23. The van der Waals surface area contributed by atoms with E-state index < -0.39 is 17.3 Å². The highest BCUT2D eigenvalue weighted by molar-refractivity contribution is 5.97. The third-order valence-electron chi connectivity index (χ3n) is 5.50. The Hall–Kier alpha value is -3.95. The summed E-state index contributed by atoms with van der Waals surface area (Å²) in [5.41, 5.74) is 0.628. The Morgan fingerprint density at radius 3 is 2.74 bits per heavy atom. The van der Waals surface area contributed by atoms with E-state index in [0.29, 0.717) is 24.3 Å². The molecular weight excluding hydrogens is 436 g/mol. The van der Waals surface area contributed by atoms with E-state index in [4.69, 9.17) is 0 Å². The maximum Gasteiger partial charge on any atom is 0.270 e. The summed E-state index contributed by atoms with van der Waals surface area (Å²) in [6.45, 7) is 4.55. The van der Waals surface area contributed by atoms with Gasteiger partial charge in [-0.3, -0.25) is 23.9 Å². The van der Waals surface area contributed by atoms with Crippen molar-refractivity contribution in [3.8, 4) is 5.88 Å². The summed E-state index contributed by atoms with van der Waals surface area (Å²) in [6.07, 6.45) is 7.77. The van der Waals surface area contributed by atoms with Crippen LogP contribution in [0.4, 0.5) is 0 Å². The highest BCUT2D eigenvalue weighted by Gasteiger charge is 2.29. The van der Waals surface area contributed by atoms with Crippen molar-refractivity contribution in [2.45, 2.75) is 45.8 Å². The Morgan fingerprint density at radius 2 is 2.09 bits per heavy atom. The molecule has 0 unspecified atom stereocenters. The van der Waals surface area contributed by atoms with E-state index in [9.17, 15) is 19.5 Å². The number of carbonyl (C=O) groups is 2. The minimum Gasteiger partial charge on any atom is -0.492 e. The Bertz CT molecular complexity index is 1300. The molecule has 0 radical (unpaired) electrons. The summed E-state index contributed by atoms with van der Waals surface area (Å²) >= 11 is 0. The predicted octanol–water partition coefficient (Wildman–Crippen LogP) is 1.82. The molecule has 1 aliphatic rings. The topological polar surface area (TPSA) is 122 Å². The van der Waals surface area contributed by atoms with Gasteiger partial charge in [-0.1, -0.05) is 19.9 Å². The normalized spacial score (nSPS) is 13.6. The fraction of sp³-hybridized carbons (Fsp3) is 0.375. The van der Waals surface area contributed by atoms with Crippen LogP contribution in [0, 0.1) is 5.92 Å². The molecule has 0 atom stereocenters. The van der Waals surface area contributed by atoms with Crippen LogP contribution >= 0.6 is 0 Å². The third-order valence-corrected chi connectivity index (χ3v) is 5.50. The van der Waals surface area contributed by atoms with Crippen molar-refractivity contribution in [1.82, 2.24) is 29.4 Å². The van der Waals surface area contributed by atoms with Crippen LogP contribution in [0.25, 0.3) is 11.7 Å². The number of rotatable bonds is 8. The molecular formula is C24H28N6O4. The number of aromatic hydroxyl groups is 1. The van der Waals surface area contributed by atoms with Crippen LogP contribution in [0.15, 0.2) is 41.5 Å². The van der Waals surface area contributed by atoms with Gasteiger partial charge < -0.3 is 15.3 Å². The molecule has 4 rings (SSSR count). The minimum absolute atomic E-state index is 0.0331. The first-order valence-corrected chi connectivity index (χ1v) is 11.2. The molecule has 1 saturated carbocycles. The van der Waals surface area contributed by atoms with Gasteiger partial charge in [0.25, 0.3) is 11.5 Å². The maximum absolute atomic E-state index is 13.3. The fourth-order valence-electron chi connectivity index (χ4n) is 3.65. The van der Waals surface area contributed by atoms with Gasteiger partial charge in [-0.05, 0) is 37.0 Å². The number of hydrogen-bond acceptors (Lipinski definition) is 6. The second-order valence-electron chi connectivity index (χ2n) is 8.94. The summed E-state index contributed by atoms with van der Waals surface area (Å²) < 4.78 is 2.61. The number of aromatic nitrogens is 4. The van der Waals surface area contributed by atoms with E-state index in [1.165, 1.54) is 26.3 Å². The van der Waals surface area contributed by atoms with Gasteiger partial charge in [0.15, 0.2) is 5.56 Å². The molecule has 1 aliphatic carbocycles. The van der Waals surface area contributed by atoms with Crippen LogP contribution in [0.1, 0.15) is 48.3 Å².